The highest BCUT2D eigenvalue weighted by molar-refractivity contribution is 6.00. The smallest absolute Gasteiger partial charge is 0.171 e. The van der Waals surface area contributed by atoms with E-state index in [1.165, 1.54) is 13.2 Å². The van der Waals surface area contributed by atoms with Crippen molar-refractivity contribution in [3.63, 3.8) is 0 Å². The summed E-state index contributed by atoms with van der Waals surface area (Å²) in [6.45, 7) is 2.09. The molecule has 0 fully saturated rings. The third kappa shape index (κ3) is 2.27. The van der Waals surface area contributed by atoms with E-state index in [1.807, 2.05) is 0 Å². The lowest BCUT2D eigenvalue weighted by molar-refractivity contribution is 0.0981. The van der Waals surface area contributed by atoms with Crippen molar-refractivity contribution in [1.29, 1.82) is 0 Å². The van der Waals surface area contributed by atoms with Gasteiger partial charge in [-0.25, -0.2) is 0 Å². The van der Waals surface area contributed by atoms with Crippen LogP contribution in [0.2, 0.25) is 0 Å². The summed E-state index contributed by atoms with van der Waals surface area (Å²) in [6.07, 6.45) is 0.251. The van der Waals surface area contributed by atoms with Crippen molar-refractivity contribution in [3.05, 3.63) is 23.3 Å². The van der Waals surface area contributed by atoms with E-state index in [0.29, 0.717) is 5.56 Å². The number of carbonyl (C=O) groups is 1. The number of methoxy groups -OCH3 is 1. The monoisotopic (exact) mass is 209 g/mol. The second kappa shape index (κ2) is 4.79. The number of nitrogens with two attached hydrogens (primary N) is 1. The first kappa shape index (κ1) is 11.5. The summed E-state index contributed by atoms with van der Waals surface area (Å²) >= 11 is 0. The molecule has 0 heterocycles. The molecule has 0 aromatic heterocycles. The minimum absolute atomic E-state index is 0.0246. The number of ketones is 1. The van der Waals surface area contributed by atoms with Gasteiger partial charge in [-0.2, -0.15) is 0 Å². The first-order valence-electron chi connectivity index (χ1n) is 4.71. The van der Waals surface area contributed by atoms with Gasteiger partial charge in [0.2, 0.25) is 0 Å². The van der Waals surface area contributed by atoms with Crippen LogP contribution in [-0.4, -0.2) is 24.5 Å². The first-order chi connectivity index (χ1) is 7.11. The highest BCUT2D eigenvalue weighted by atomic mass is 16.5. The SMILES string of the molecule is COc1c(O)ccc(C)c1C(=O)CCN. The van der Waals surface area contributed by atoms with Crippen LogP contribution in [0.25, 0.3) is 0 Å². The average molecular weight is 209 g/mol. The van der Waals surface area contributed by atoms with Gasteiger partial charge in [0, 0.05) is 6.42 Å². The highest BCUT2D eigenvalue weighted by Crippen LogP contribution is 2.32. The predicted molar refractivity (Wildman–Crippen MR) is 57.4 cm³/mol. The largest absolute Gasteiger partial charge is 0.504 e. The molecule has 0 unspecified atom stereocenters. The van der Waals surface area contributed by atoms with E-state index in [9.17, 15) is 9.90 Å². The normalized spacial score (nSPS) is 10.1. The molecule has 0 aliphatic carbocycles. The average Bonchev–Trinajstić information content (AvgIpc) is 2.21. The molecular weight excluding hydrogens is 194 g/mol. The van der Waals surface area contributed by atoms with Crippen LogP contribution in [0.15, 0.2) is 12.1 Å². The van der Waals surface area contributed by atoms with E-state index in [4.69, 9.17) is 10.5 Å². The second-order valence-electron chi connectivity index (χ2n) is 3.27. The number of aromatic hydroxyl groups is 1. The number of phenolic OH excluding ortho intramolecular Hbond substituents is 1. The van der Waals surface area contributed by atoms with Crippen LogP contribution >= 0.6 is 0 Å². The molecule has 82 valence electrons. The Labute approximate surface area is 88.7 Å². The predicted octanol–water partition coefficient (Wildman–Crippen LogP) is 1.24. The lowest BCUT2D eigenvalue weighted by Gasteiger charge is -2.11. The molecule has 0 bridgehead atoms. The molecule has 0 spiro atoms. The Hall–Kier alpha value is -1.55. The summed E-state index contributed by atoms with van der Waals surface area (Å²) in [5.41, 5.74) is 6.52. The maximum atomic E-state index is 11.7. The van der Waals surface area contributed by atoms with Gasteiger partial charge in [0.15, 0.2) is 17.3 Å². The molecule has 3 N–H and O–H groups in total. The van der Waals surface area contributed by atoms with Gasteiger partial charge in [-0.05, 0) is 25.1 Å². The molecule has 4 nitrogen and oxygen atoms in total. The fourth-order valence-corrected chi connectivity index (χ4v) is 1.48. The number of carbonyl (C=O) groups excluding carboxylic acids is 1. The zero-order valence-corrected chi connectivity index (χ0v) is 8.91. The Balaban J connectivity index is 3.24. The topological polar surface area (TPSA) is 72.5 Å². The number of phenols is 1. The van der Waals surface area contributed by atoms with Crippen molar-refractivity contribution < 1.29 is 14.6 Å². The molecule has 1 aromatic carbocycles. The quantitative estimate of drug-likeness (QED) is 0.732. The fourth-order valence-electron chi connectivity index (χ4n) is 1.48. The summed E-state index contributed by atoms with van der Waals surface area (Å²) in [5, 5.41) is 9.52. The zero-order chi connectivity index (χ0) is 11.4. The van der Waals surface area contributed by atoms with Crippen LogP contribution in [0.5, 0.6) is 11.5 Å². The van der Waals surface area contributed by atoms with Crippen molar-refractivity contribution in [2.24, 2.45) is 5.73 Å². The van der Waals surface area contributed by atoms with E-state index in [-0.39, 0.29) is 30.2 Å². The Kier molecular flexibility index (Phi) is 3.68. The standard InChI is InChI=1S/C11H15NO3/c1-7-3-4-9(14)11(15-2)10(7)8(13)5-6-12/h3-4,14H,5-6,12H2,1-2H3. The number of ether oxygens (including phenoxy) is 1. The second-order valence-corrected chi connectivity index (χ2v) is 3.27. The summed E-state index contributed by atoms with van der Waals surface area (Å²) < 4.78 is 5.01. The van der Waals surface area contributed by atoms with Crippen LogP contribution in [0.4, 0.5) is 0 Å². The van der Waals surface area contributed by atoms with Crippen LogP contribution in [0.3, 0.4) is 0 Å². The third-order valence-corrected chi connectivity index (χ3v) is 2.20. The van der Waals surface area contributed by atoms with Crippen molar-refractivity contribution in [3.8, 4) is 11.5 Å². The molecule has 1 aromatic rings. The minimum atomic E-state index is -0.109. The van der Waals surface area contributed by atoms with Gasteiger partial charge in [-0.15, -0.1) is 0 Å². The summed E-state index contributed by atoms with van der Waals surface area (Å²) in [4.78, 5) is 11.7. The Bertz CT molecular complexity index is 374. The van der Waals surface area contributed by atoms with Gasteiger partial charge >= 0.3 is 0 Å². The van der Waals surface area contributed by atoms with E-state index in [2.05, 4.69) is 0 Å². The molecule has 1 rings (SSSR count). The Morgan fingerprint density at radius 1 is 1.53 bits per heavy atom. The molecule has 0 atom stereocenters. The van der Waals surface area contributed by atoms with Gasteiger partial charge in [0.25, 0.3) is 0 Å². The van der Waals surface area contributed by atoms with Crippen molar-refractivity contribution in [2.75, 3.05) is 13.7 Å². The molecular formula is C11H15NO3. The maximum Gasteiger partial charge on any atom is 0.171 e. The summed E-state index contributed by atoms with van der Waals surface area (Å²) in [5.74, 6) is 0.0969. The molecule has 0 aliphatic heterocycles. The molecule has 15 heavy (non-hydrogen) atoms. The number of rotatable bonds is 4. The number of benzene rings is 1. The van der Waals surface area contributed by atoms with Gasteiger partial charge < -0.3 is 15.6 Å². The van der Waals surface area contributed by atoms with E-state index >= 15 is 0 Å². The van der Waals surface area contributed by atoms with Crippen molar-refractivity contribution >= 4 is 5.78 Å². The molecule has 0 amide bonds. The Morgan fingerprint density at radius 3 is 2.73 bits per heavy atom. The van der Waals surface area contributed by atoms with Crippen LogP contribution in [0.1, 0.15) is 22.3 Å². The number of hydrogen-bond donors (Lipinski definition) is 2. The minimum Gasteiger partial charge on any atom is -0.504 e. The molecule has 0 saturated carbocycles. The van der Waals surface area contributed by atoms with Gasteiger partial charge in [0.1, 0.15) is 0 Å². The number of Topliss-reactive ketones (excluding diaryl/α,β-unsaturated/α-hetero) is 1. The summed E-state index contributed by atoms with van der Waals surface area (Å²) in [6, 6.07) is 3.19. The lowest BCUT2D eigenvalue weighted by atomic mass is 10.0. The first-order valence-corrected chi connectivity index (χ1v) is 4.71. The van der Waals surface area contributed by atoms with Crippen LogP contribution in [-0.2, 0) is 0 Å². The molecule has 0 aliphatic rings. The Morgan fingerprint density at radius 2 is 2.20 bits per heavy atom. The zero-order valence-electron chi connectivity index (χ0n) is 8.91. The number of hydrogen-bond acceptors (Lipinski definition) is 4. The summed E-state index contributed by atoms with van der Waals surface area (Å²) in [7, 11) is 1.42. The number of aryl methyl sites for hydroxylation is 1. The maximum absolute atomic E-state index is 11.7. The molecule has 4 heteroatoms. The molecule has 0 saturated heterocycles. The van der Waals surface area contributed by atoms with Crippen molar-refractivity contribution in [1.82, 2.24) is 0 Å². The molecule has 0 radical (unpaired) electrons. The van der Waals surface area contributed by atoms with Crippen LogP contribution < -0.4 is 10.5 Å². The van der Waals surface area contributed by atoms with Crippen LogP contribution in [0, 0.1) is 6.92 Å². The fraction of sp³-hybridized carbons (Fsp3) is 0.364. The van der Waals surface area contributed by atoms with Gasteiger partial charge in [-0.1, -0.05) is 6.07 Å². The van der Waals surface area contributed by atoms with Crippen molar-refractivity contribution in [2.45, 2.75) is 13.3 Å². The highest BCUT2D eigenvalue weighted by Gasteiger charge is 2.17. The van der Waals surface area contributed by atoms with E-state index < -0.39 is 0 Å². The van der Waals surface area contributed by atoms with Gasteiger partial charge in [-0.3, -0.25) is 4.79 Å². The third-order valence-electron chi connectivity index (χ3n) is 2.20. The van der Waals surface area contributed by atoms with E-state index in [0.717, 1.165) is 5.56 Å². The van der Waals surface area contributed by atoms with Gasteiger partial charge in [0.05, 0.1) is 12.7 Å². The lowest BCUT2D eigenvalue weighted by Crippen LogP contribution is -2.10. The van der Waals surface area contributed by atoms with E-state index in [1.54, 1.807) is 13.0 Å².